The minimum atomic E-state index is -0.638. The molecule has 0 aliphatic carbocycles. The fourth-order valence-electron chi connectivity index (χ4n) is 4.15. The summed E-state index contributed by atoms with van der Waals surface area (Å²) in [7, 11) is 1.34. The van der Waals surface area contributed by atoms with E-state index < -0.39 is 12.0 Å². The lowest BCUT2D eigenvalue weighted by molar-refractivity contribution is -0.136. The lowest BCUT2D eigenvalue weighted by Gasteiger charge is -2.25. The number of ether oxygens (including phenoxy) is 3. The number of carbonyl (C=O) groups is 1. The molecule has 37 heavy (non-hydrogen) atoms. The molecule has 3 aromatic rings. The SMILES string of the molecule is C#CCOc1c(I)cc(/C=c2\sc3n(c2=O)[C@@H](c2ccccc2)C(C(=O)OC)=C(CC)N=3)cc1OCC. The van der Waals surface area contributed by atoms with Gasteiger partial charge in [0.1, 0.15) is 6.61 Å². The van der Waals surface area contributed by atoms with Gasteiger partial charge in [-0.2, -0.15) is 0 Å². The van der Waals surface area contributed by atoms with Crippen LogP contribution in [0.2, 0.25) is 0 Å². The molecule has 7 nitrogen and oxygen atoms in total. The number of thiazole rings is 1. The van der Waals surface area contributed by atoms with Gasteiger partial charge in [0.25, 0.3) is 5.56 Å². The smallest absolute Gasteiger partial charge is 0.338 e. The number of methoxy groups -OCH3 is 1. The van der Waals surface area contributed by atoms with Crippen LogP contribution in [0.15, 0.2) is 63.5 Å². The van der Waals surface area contributed by atoms with Crippen LogP contribution < -0.4 is 24.4 Å². The summed E-state index contributed by atoms with van der Waals surface area (Å²) in [6.45, 7) is 4.38. The third-order valence-electron chi connectivity index (χ3n) is 5.69. The molecule has 0 radical (unpaired) electrons. The second kappa shape index (κ2) is 11.8. The molecule has 1 aromatic heterocycles. The van der Waals surface area contributed by atoms with Gasteiger partial charge in [0.05, 0.1) is 39.1 Å². The number of benzene rings is 2. The van der Waals surface area contributed by atoms with Crippen LogP contribution >= 0.6 is 33.9 Å². The molecule has 0 fully saturated rings. The van der Waals surface area contributed by atoms with Crippen LogP contribution in [0.25, 0.3) is 6.08 Å². The van der Waals surface area contributed by atoms with Gasteiger partial charge in [-0.25, -0.2) is 9.79 Å². The van der Waals surface area contributed by atoms with Crippen LogP contribution in [0.5, 0.6) is 11.5 Å². The number of allylic oxidation sites excluding steroid dienone is 1. The molecule has 0 N–H and O–H groups in total. The Labute approximate surface area is 232 Å². The summed E-state index contributed by atoms with van der Waals surface area (Å²) in [6, 6.07) is 12.5. The first kappa shape index (κ1) is 26.7. The molecule has 1 aliphatic heterocycles. The van der Waals surface area contributed by atoms with Crippen LogP contribution in [-0.2, 0) is 9.53 Å². The average molecular weight is 628 g/mol. The molecule has 0 bridgehead atoms. The number of hydrogen-bond donors (Lipinski definition) is 0. The van der Waals surface area contributed by atoms with Crippen molar-refractivity contribution in [2.45, 2.75) is 26.3 Å². The van der Waals surface area contributed by atoms with E-state index in [0.29, 0.717) is 45.1 Å². The highest BCUT2D eigenvalue weighted by molar-refractivity contribution is 14.1. The fraction of sp³-hybridized carbons (Fsp3) is 0.250. The van der Waals surface area contributed by atoms with Crippen LogP contribution in [0.3, 0.4) is 0 Å². The largest absolute Gasteiger partial charge is 0.490 e. The van der Waals surface area contributed by atoms with Crippen LogP contribution in [0.1, 0.15) is 37.4 Å². The quantitative estimate of drug-likeness (QED) is 0.216. The van der Waals surface area contributed by atoms with Crippen molar-refractivity contribution in [1.82, 2.24) is 4.57 Å². The summed E-state index contributed by atoms with van der Waals surface area (Å²) in [6.07, 6.45) is 7.68. The fourth-order valence-corrected chi connectivity index (χ4v) is 5.96. The Morgan fingerprint density at radius 3 is 2.65 bits per heavy atom. The van der Waals surface area contributed by atoms with Gasteiger partial charge in [0, 0.05) is 0 Å². The number of aromatic nitrogens is 1. The number of esters is 1. The Balaban J connectivity index is 1.92. The molecule has 0 saturated carbocycles. The van der Waals surface area contributed by atoms with Crippen molar-refractivity contribution in [2.75, 3.05) is 20.3 Å². The van der Waals surface area contributed by atoms with Gasteiger partial charge in [0.15, 0.2) is 16.3 Å². The van der Waals surface area contributed by atoms with Crippen molar-refractivity contribution in [1.29, 1.82) is 0 Å². The summed E-state index contributed by atoms with van der Waals surface area (Å²) in [5, 5.41) is 0. The predicted molar refractivity (Wildman–Crippen MR) is 151 cm³/mol. The second-order valence-corrected chi connectivity index (χ2v) is 10.1. The molecular formula is C28H25IN2O5S. The van der Waals surface area contributed by atoms with Crippen molar-refractivity contribution in [3.63, 3.8) is 0 Å². The number of hydrogen-bond acceptors (Lipinski definition) is 7. The molecule has 4 rings (SSSR count). The van der Waals surface area contributed by atoms with Gasteiger partial charge >= 0.3 is 5.97 Å². The first-order valence-electron chi connectivity index (χ1n) is 11.6. The average Bonchev–Trinajstić information content (AvgIpc) is 3.21. The van der Waals surface area contributed by atoms with Crippen LogP contribution in [-0.4, -0.2) is 30.9 Å². The van der Waals surface area contributed by atoms with E-state index in [-0.39, 0.29) is 12.2 Å². The third kappa shape index (κ3) is 5.36. The van der Waals surface area contributed by atoms with E-state index in [1.54, 1.807) is 10.6 Å². The maximum atomic E-state index is 13.8. The van der Waals surface area contributed by atoms with E-state index in [4.69, 9.17) is 25.6 Å². The first-order chi connectivity index (χ1) is 17.9. The summed E-state index contributed by atoms with van der Waals surface area (Å²) in [5.41, 5.74) is 2.31. The minimum absolute atomic E-state index is 0.121. The van der Waals surface area contributed by atoms with Crippen molar-refractivity contribution in [3.05, 3.63) is 88.1 Å². The van der Waals surface area contributed by atoms with E-state index in [2.05, 4.69) is 28.5 Å². The normalized spacial score (nSPS) is 15.0. The third-order valence-corrected chi connectivity index (χ3v) is 7.48. The minimum Gasteiger partial charge on any atom is -0.490 e. The Morgan fingerprint density at radius 1 is 1.24 bits per heavy atom. The van der Waals surface area contributed by atoms with Crippen LogP contribution in [0.4, 0.5) is 0 Å². The highest BCUT2D eigenvalue weighted by Gasteiger charge is 2.33. The number of halogens is 1. The standard InChI is InChI=1S/C28H25IN2O5S/c1-5-13-36-25-19(29)14-17(15-21(25)35-7-3)16-22-26(32)31-24(18-11-9-8-10-12-18)23(27(33)34-4)20(6-2)30-28(31)37-22/h1,8-12,14-16,24H,6-7,13H2,2-4H3/b22-16-/t24-/m0/s1. The summed E-state index contributed by atoms with van der Waals surface area (Å²) >= 11 is 3.44. The monoisotopic (exact) mass is 628 g/mol. The number of nitrogens with zero attached hydrogens (tertiary/aromatic N) is 2. The van der Waals surface area contributed by atoms with Gasteiger partial charge < -0.3 is 14.2 Å². The van der Waals surface area contributed by atoms with Crippen molar-refractivity contribution in [2.24, 2.45) is 4.99 Å². The Kier molecular flexibility index (Phi) is 8.51. The van der Waals surface area contributed by atoms with Crippen molar-refractivity contribution in [3.8, 4) is 23.8 Å². The molecule has 0 unspecified atom stereocenters. The predicted octanol–water partition coefficient (Wildman–Crippen LogP) is 3.81. The Bertz CT molecular complexity index is 1580. The molecule has 0 saturated heterocycles. The molecule has 1 aliphatic rings. The molecule has 0 amide bonds. The summed E-state index contributed by atoms with van der Waals surface area (Å²) < 4.78 is 19.4. The van der Waals surface area contributed by atoms with Gasteiger partial charge in [-0.05, 0) is 65.3 Å². The van der Waals surface area contributed by atoms with Gasteiger partial charge in [0.2, 0.25) is 0 Å². The molecule has 190 valence electrons. The number of carbonyl (C=O) groups excluding carboxylic acids is 1. The molecular weight excluding hydrogens is 603 g/mol. The zero-order chi connectivity index (χ0) is 26.5. The van der Waals surface area contributed by atoms with E-state index in [9.17, 15) is 9.59 Å². The lowest BCUT2D eigenvalue weighted by Crippen LogP contribution is -2.40. The van der Waals surface area contributed by atoms with Crippen LogP contribution in [0, 0.1) is 15.9 Å². The summed E-state index contributed by atoms with van der Waals surface area (Å²) in [5.74, 6) is 3.08. The molecule has 0 spiro atoms. The first-order valence-corrected chi connectivity index (χ1v) is 13.5. The zero-order valence-corrected chi connectivity index (χ0v) is 23.6. The molecule has 1 atom stereocenters. The highest BCUT2D eigenvalue weighted by atomic mass is 127. The number of fused-ring (bicyclic) bond motifs is 1. The van der Waals surface area contributed by atoms with E-state index in [0.717, 1.165) is 14.7 Å². The maximum absolute atomic E-state index is 13.8. The Hall–Kier alpha value is -3.36. The van der Waals surface area contributed by atoms with Gasteiger partial charge in [-0.15, -0.1) is 6.42 Å². The summed E-state index contributed by atoms with van der Waals surface area (Å²) in [4.78, 5) is 31.9. The maximum Gasteiger partial charge on any atom is 0.338 e. The Morgan fingerprint density at radius 2 is 2.00 bits per heavy atom. The van der Waals surface area contributed by atoms with Gasteiger partial charge in [-0.1, -0.05) is 54.5 Å². The highest BCUT2D eigenvalue weighted by Crippen LogP contribution is 2.35. The van der Waals surface area contributed by atoms with E-state index >= 15 is 0 Å². The van der Waals surface area contributed by atoms with E-state index in [1.807, 2.05) is 56.3 Å². The van der Waals surface area contributed by atoms with Crippen molar-refractivity contribution < 1.29 is 19.0 Å². The van der Waals surface area contributed by atoms with Crippen molar-refractivity contribution >= 4 is 46.0 Å². The number of terminal acetylenes is 1. The topological polar surface area (TPSA) is 79.1 Å². The second-order valence-electron chi connectivity index (χ2n) is 7.95. The van der Waals surface area contributed by atoms with E-state index in [1.165, 1.54) is 18.4 Å². The molecule has 9 heteroatoms. The molecule has 2 aromatic carbocycles. The zero-order valence-electron chi connectivity index (χ0n) is 20.6. The van der Waals surface area contributed by atoms with Gasteiger partial charge in [-0.3, -0.25) is 9.36 Å². The number of rotatable bonds is 8. The molecule has 2 heterocycles. The lowest BCUT2D eigenvalue weighted by atomic mass is 9.95.